The molecule has 80 valence electrons. The summed E-state index contributed by atoms with van der Waals surface area (Å²) in [6, 6.07) is 5.83. The molecule has 2 aromatic heterocycles. The average molecular weight is 295 g/mol. The molecule has 0 aliphatic carbocycles. The maximum absolute atomic E-state index is 8.85. The van der Waals surface area contributed by atoms with Crippen molar-refractivity contribution >= 4 is 33.1 Å². The summed E-state index contributed by atoms with van der Waals surface area (Å²) < 4.78 is 1.01. The highest BCUT2D eigenvalue weighted by molar-refractivity contribution is 9.11. The molecular formula is C10H7BrN4S. The van der Waals surface area contributed by atoms with Crippen LogP contribution in [0.25, 0.3) is 10.7 Å². The van der Waals surface area contributed by atoms with Crippen molar-refractivity contribution in [2.75, 3.05) is 5.73 Å². The van der Waals surface area contributed by atoms with E-state index in [9.17, 15) is 0 Å². The number of hydrogen-bond donors (Lipinski definition) is 1. The molecule has 0 saturated heterocycles. The van der Waals surface area contributed by atoms with E-state index in [0.717, 1.165) is 8.66 Å². The van der Waals surface area contributed by atoms with Gasteiger partial charge in [-0.25, -0.2) is 9.97 Å². The van der Waals surface area contributed by atoms with Crippen molar-refractivity contribution in [2.24, 2.45) is 0 Å². The molecule has 0 radical (unpaired) electrons. The standard InChI is InChI=1S/C10H7BrN4S/c1-5-6(4-12)9(13)15-10(14-5)7-2-3-8(11)16-7/h2-3H,1H3,(H2,13,14,15). The lowest BCUT2D eigenvalue weighted by molar-refractivity contribution is 1.11. The van der Waals surface area contributed by atoms with E-state index in [4.69, 9.17) is 11.0 Å². The molecule has 6 heteroatoms. The largest absolute Gasteiger partial charge is 0.382 e. The number of rotatable bonds is 1. The van der Waals surface area contributed by atoms with Crippen LogP contribution in [0, 0.1) is 18.3 Å². The number of aromatic nitrogens is 2. The Morgan fingerprint density at radius 1 is 1.44 bits per heavy atom. The Kier molecular flexibility index (Phi) is 2.90. The Bertz CT molecular complexity index is 562. The highest BCUT2D eigenvalue weighted by atomic mass is 79.9. The number of anilines is 1. The van der Waals surface area contributed by atoms with Crippen LogP contribution in [-0.4, -0.2) is 9.97 Å². The number of halogens is 1. The lowest BCUT2D eigenvalue weighted by atomic mass is 10.2. The van der Waals surface area contributed by atoms with Gasteiger partial charge in [-0.05, 0) is 35.0 Å². The van der Waals surface area contributed by atoms with Gasteiger partial charge in [0.15, 0.2) is 5.82 Å². The zero-order valence-electron chi connectivity index (χ0n) is 8.36. The fourth-order valence-corrected chi connectivity index (χ4v) is 2.60. The minimum absolute atomic E-state index is 0.231. The monoisotopic (exact) mass is 294 g/mol. The van der Waals surface area contributed by atoms with Gasteiger partial charge in [-0.2, -0.15) is 5.26 Å². The van der Waals surface area contributed by atoms with Crippen molar-refractivity contribution < 1.29 is 0 Å². The Morgan fingerprint density at radius 3 is 2.69 bits per heavy atom. The molecule has 0 fully saturated rings. The highest BCUT2D eigenvalue weighted by Gasteiger charge is 2.11. The van der Waals surface area contributed by atoms with Gasteiger partial charge < -0.3 is 5.73 Å². The van der Waals surface area contributed by atoms with Crippen LogP contribution in [0.5, 0.6) is 0 Å². The van der Waals surface area contributed by atoms with Crippen molar-refractivity contribution in [3.63, 3.8) is 0 Å². The minimum Gasteiger partial charge on any atom is -0.382 e. The predicted octanol–water partition coefficient (Wildman–Crippen LogP) is 2.73. The predicted molar refractivity (Wildman–Crippen MR) is 66.9 cm³/mol. The SMILES string of the molecule is Cc1nc(-c2ccc(Br)s2)nc(N)c1C#N. The summed E-state index contributed by atoms with van der Waals surface area (Å²) >= 11 is 4.90. The molecule has 0 amide bonds. The summed E-state index contributed by atoms with van der Waals surface area (Å²) in [5.41, 5.74) is 6.65. The summed E-state index contributed by atoms with van der Waals surface area (Å²) in [6.07, 6.45) is 0. The second-order valence-corrected chi connectivity index (χ2v) is 5.57. The fraction of sp³-hybridized carbons (Fsp3) is 0.100. The van der Waals surface area contributed by atoms with E-state index in [0.29, 0.717) is 17.1 Å². The third-order valence-corrected chi connectivity index (χ3v) is 3.64. The van der Waals surface area contributed by atoms with Gasteiger partial charge in [0.05, 0.1) is 14.4 Å². The van der Waals surface area contributed by atoms with E-state index in [1.165, 1.54) is 11.3 Å². The van der Waals surface area contributed by atoms with Crippen molar-refractivity contribution in [2.45, 2.75) is 6.92 Å². The molecule has 0 atom stereocenters. The molecule has 4 nitrogen and oxygen atoms in total. The Hall–Kier alpha value is -1.45. The zero-order valence-corrected chi connectivity index (χ0v) is 10.8. The van der Waals surface area contributed by atoms with E-state index in [-0.39, 0.29) is 5.82 Å². The van der Waals surface area contributed by atoms with Crippen molar-refractivity contribution in [3.05, 3.63) is 27.2 Å². The van der Waals surface area contributed by atoms with Gasteiger partial charge in [0.25, 0.3) is 0 Å². The molecular weight excluding hydrogens is 288 g/mol. The van der Waals surface area contributed by atoms with E-state index in [1.54, 1.807) is 6.92 Å². The number of nitrogen functional groups attached to an aromatic ring is 1. The molecule has 2 aromatic rings. The summed E-state index contributed by atoms with van der Waals surface area (Å²) in [5.74, 6) is 0.791. The summed E-state index contributed by atoms with van der Waals surface area (Å²) in [6.45, 7) is 1.75. The van der Waals surface area contributed by atoms with Gasteiger partial charge in [-0.3, -0.25) is 0 Å². The first-order valence-corrected chi connectivity index (χ1v) is 6.02. The molecule has 0 saturated carbocycles. The molecule has 0 bridgehead atoms. The van der Waals surface area contributed by atoms with Crippen LogP contribution in [0.3, 0.4) is 0 Å². The van der Waals surface area contributed by atoms with Crippen molar-refractivity contribution in [1.82, 2.24) is 9.97 Å². The third-order valence-electron chi connectivity index (χ3n) is 2.02. The molecule has 0 aliphatic heterocycles. The van der Waals surface area contributed by atoms with Gasteiger partial charge in [0.1, 0.15) is 17.5 Å². The summed E-state index contributed by atoms with van der Waals surface area (Å²) in [7, 11) is 0. The number of nitrogens with zero attached hydrogens (tertiary/aromatic N) is 3. The molecule has 2 rings (SSSR count). The fourth-order valence-electron chi connectivity index (χ4n) is 1.28. The van der Waals surface area contributed by atoms with Crippen LogP contribution >= 0.6 is 27.3 Å². The first kappa shape index (κ1) is 11.0. The normalized spacial score (nSPS) is 10.1. The first-order valence-electron chi connectivity index (χ1n) is 4.41. The van der Waals surface area contributed by atoms with E-state index in [1.807, 2.05) is 18.2 Å². The first-order chi connectivity index (χ1) is 7.61. The Balaban J connectivity index is 2.57. The quantitative estimate of drug-likeness (QED) is 0.877. The van der Waals surface area contributed by atoms with E-state index >= 15 is 0 Å². The van der Waals surface area contributed by atoms with Gasteiger partial charge in [0, 0.05) is 0 Å². The van der Waals surface area contributed by atoms with Crippen molar-refractivity contribution in [3.8, 4) is 16.8 Å². The second kappa shape index (κ2) is 4.20. The van der Waals surface area contributed by atoms with Crippen LogP contribution < -0.4 is 5.73 Å². The summed E-state index contributed by atoms with van der Waals surface area (Å²) in [4.78, 5) is 9.31. The lowest BCUT2D eigenvalue weighted by Gasteiger charge is -2.03. The third kappa shape index (κ3) is 1.92. The number of aryl methyl sites for hydroxylation is 1. The molecule has 2 N–H and O–H groups in total. The molecule has 0 spiro atoms. The molecule has 0 aromatic carbocycles. The van der Waals surface area contributed by atoms with E-state index < -0.39 is 0 Å². The van der Waals surface area contributed by atoms with Gasteiger partial charge in [0.2, 0.25) is 0 Å². The van der Waals surface area contributed by atoms with Gasteiger partial charge in [-0.1, -0.05) is 0 Å². The van der Waals surface area contributed by atoms with Crippen LogP contribution in [-0.2, 0) is 0 Å². The molecule has 0 unspecified atom stereocenters. The van der Waals surface area contributed by atoms with Crippen LogP contribution in [0.2, 0.25) is 0 Å². The minimum atomic E-state index is 0.231. The Morgan fingerprint density at radius 2 is 2.19 bits per heavy atom. The lowest BCUT2D eigenvalue weighted by Crippen LogP contribution is -2.02. The Labute approximate surface area is 105 Å². The average Bonchev–Trinajstić information content (AvgIpc) is 2.64. The number of nitriles is 1. The van der Waals surface area contributed by atoms with Crippen molar-refractivity contribution in [1.29, 1.82) is 5.26 Å². The molecule has 2 heterocycles. The maximum Gasteiger partial charge on any atom is 0.171 e. The number of hydrogen-bond acceptors (Lipinski definition) is 5. The summed E-state index contributed by atoms with van der Waals surface area (Å²) in [5, 5.41) is 8.85. The highest BCUT2D eigenvalue weighted by Crippen LogP contribution is 2.30. The van der Waals surface area contributed by atoms with E-state index in [2.05, 4.69) is 25.9 Å². The van der Waals surface area contributed by atoms with Gasteiger partial charge in [-0.15, -0.1) is 11.3 Å². The maximum atomic E-state index is 8.85. The van der Waals surface area contributed by atoms with Crippen LogP contribution in [0.4, 0.5) is 5.82 Å². The van der Waals surface area contributed by atoms with Gasteiger partial charge >= 0.3 is 0 Å². The number of nitrogens with two attached hydrogens (primary N) is 1. The molecule has 0 aliphatic rings. The van der Waals surface area contributed by atoms with Crippen LogP contribution in [0.1, 0.15) is 11.3 Å². The second-order valence-electron chi connectivity index (χ2n) is 3.11. The van der Waals surface area contributed by atoms with Crippen LogP contribution in [0.15, 0.2) is 15.9 Å². The zero-order chi connectivity index (χ0) is 11.7. The number of thiophene rings is 1. The smallest absolute Gasteiger partial charge is 0.171 e. The topological polar surface area (TPSA) is 75.6 Å². The molecule has 16 heavy (non-hydrogen) atoms.